The molecule has 3 heteroatoms. The third-order valence-electron chi connectivity index (χ3n) is 3.77. The Morgan fingerprint density at radius 1 is 1.24 bits per heavy atom. The Bertz CT molecular complexity index is 463. The van der Waals surface area contributed by atoms with E-state index >= 15 is 0 Å². The van der Waals surface area contributed by atoms with Gasteiger partial charge in [0, 0.05) is 4.90 Å². The molecule has 1 amide bonds. The molecule has 2 nitrogen and oxygen atoms in total. The van der Waals surface area contributed by atoms with Gasteiger partial charge in [0.25, 0.3) is 0 Å². The van der Waals surface area contributed by atoms with Crippen molar-refractivity contribution in [2.45, 2.75) is 48.7 Å². The minimum absolute atomic E-state index is 0.182. The highest BCUT2D eigenvalue weighted by Gasteiger charge is 2.43. The first kappa shape index (κ1) is 11.1. The minimum atomic E-state index is -0.182. The van der Waals surface area contributed by atoms with Gasteiger partial charge in [-0.15, -0.1) is 11.8 Å². The Kier molecular flexibility index (Phi) is 2.66. The number of carbonyl (C=O) groups is 1. The van der Waals surface area contributed by atoms with Gasteiger partial charge < -0.3 is 5.32 Å². The van der Waals surface area contributed by atoms with E-state index in [1.165, 1.54) is 29.7 Å². The largest absolute Gasteiger partial charge is 0.324 e. The topological polar surface area (TPSA) is 29.1 Å². The first-order valence-electron chi connectivity index (χ1n) is 6.31. The van der Waals surface area contributed by atoms with Crippen molar-refractivity contribution in [2.75, 3.05) is 5.32 Å². The number of benzene rings is 1. The number of rotatable bonds is 0. The van der Waals surface area contributed by atoms with Crippen LogP contribution in [0.4, 0.5) is 5.69 Å². The van der Waals surface area contributed by atoms with Crippen LogP contribution in [0.2, 0.25) is 0 Å². The number of nitrogens with one attached hydrogen (secondary N) is 1. The lowest BCUT2D eigenvalue weighted by molar-refractivity contribution is -0.119. The number of anilines is 1. The molecule has 90 valence electrons. The molecule has 0 saturated heterocycles. The first-order chi connectivity index (χ1) is 8.20. The lowest BCUT2D eigenvalue weighted by Gasteiger charge is -2.39. The summed E-state index contributed by atoms with van der Waals surface area (Å²) in [6.45, 7) is 2.10. The quantitative estimate of drug-likeness (QED) is 0.756. The van der Waals surface area contributed by atoms with Crippen molar-refractivity contribution in [3.63, 3.8) is 0 Å². The number of carbonyl (C=O) groups excluding carboxylic acids is 1. The van der Waals surface area contributed by atoms with Crippen LogP contribution in [-0.4, -0.2) is 10.7 Å². The van der Waals surface area contributed by atoms with Gasteiger partial charge in [-0.3, -0.25) is 4.79 Å². The summed E-state index contributed by atoms with van der Waals surface area (Å²) < 4.78 is -0.182. The summed E-state index contributed by atoms with van der Waals surface area (Å²) in [5, 5.41) is 3.09. The van der Waals surface area contributed by atoms with Gasteiger partial charge in [-0.05, 0) is 37.5 Å². The van der Waals surface area contributed by atoms with Gasteiger partial charge in [-0.25, -0.2) is 0 Å². The van der Waals surface area contributed by atoms with E-state index in [9.17, 15) is 4.79 Å². The monoisotopic (exact) mass is 247 g/mol. The van der Waals surface area contributed by atoms with E-state index in [2.05, 4.69) is 24.4 Å². The first-order valence-corrected chi connectivity index (χ1v) is 7.12. The van der Waals surface area contributed by atoms with Crippen molar-refractivity contribution >= 4 is 23.4 Å². The average molecular weight is 247 g/mol. The summed E-state index contributed by atoms with van der Waals surface area (Å²) in [5.41, 5.74) is 2.25. The van der Waals surface area contributed by atoms with Crippen LogP contribution < -0.4 is 5.32 Å². The van der Waals surface area contributed by atoms with E-state index < -0.39 is 0 Å². The normalized spacial score (nSPS) is 22.1. The zero-order valence-electron chi connectivity index (χ0n) is 10.1. The molecule has 1 fully saturated rings. The summed E-state index contributed by atoms with van der Waals surface area (Å²) >= 11 is 1.79. The van der Waals surface area contributed by atoms with Crippen molar-refractivity contribution in [3.05, 3.63) is 23.8 Å². The Labute approximate surface area is 106 Å². The molecule has 3 rings (SSSR count). The van der Waals surface area contributed by atoms with Crippen LogP contribution in [0.25, 0.3) is 0 Å². The molecule has 1 aliphatic carbocycles. The van der Waals surface area contributed by atoms with Crippen LogP contribution >= 0.6 is 11.8 Å². The molecule has 0 bridgehead atoms. The van der Waals surface area contributed by atoms with Crippen molar-refractivity contribution in [1.29, 1.82) is 0 Å². The standard InChI is InChI=1S/C14H17NOS/c1-10-5-6-11-12(9-10)17-14(13(16)15-11)7-3-2-4-8-14/h5-6,9H,2-4,7-8H2,1H3,(H,15,16). The smallest absolute Gasteiger partial charge is 0.241 e. The van der Waals surface area contributed by atoms with Gasteiger partial charge in [-0.2, -0.15) is 0 Å². The summed E-state index contributed by atoms with van der Waals surface area (Å²) in [6, 6.07) is 6.26. The Balaban J connectivity index is 1.98. The molecule has 1 aromatic rings. The fraction of sp³-hybridized carbons (Fsp3) is 0.500. The van der Waals surface area contributed by atoms with E-state index in [1.807, 2.05) is 6.07 Å². The van der Waals surface area contributed by atoms with E-state index in [4.69, 9.17) is 0 Å². The molecule has 1 heterocycles. The molecule has 1 spiro atoms. The molecule has 0 radical (unpaired) electrons. The highest BCUT2D eigenvalue weighted by molar-refractivity contribution is 8.01. The van der Waals surface area contributed by atoms with Gasteiger partial charge in [-0.1, -0.05) is 25.3 Å². The van der Waals surface area contributed by atoms with Crippen molar-refractivity contribution in [2.24, 2.45) is 0 Å². The van der Waals surface area contributed by atoms with Crippen LogP contribution in [0.15, 0.2) is 23.1 Å². The minimum Gasteiger partial charge on any atom is -0.324 e. The number of fused-ring (bicyclic) bond motifs is 1. The van der Waals surface area contributed by atoms with E-state index in [0.29, 0.717) is 0 Å². The maximum Gasteiger partial charge on any atom is 0.241 e. The van der Waals surface area contributed by atoms with Gasteiger partial charge in [0.2, 0.25) is 5.91 Å². The second-order valence-corrected chi connectivity index (χ2v) is 6.54. The van der Waals surface area contributed by atoms with Crippen molar-refractivity contribution in [1.82, 2.24) is 0 Å². The van der Waals surface area contributed by atoms with E-state index in [-0.39, 0.29) is 10.7 Å². The zero-order valence-corrected chi connectivity index (χ0v) is 10.9. The van der Waals surface area contributed by atoms with Crippen LogP contribution in [0.1, 0.15) is 37.7 Å². The maximum atomic E-state index is 12.3. The Morgan fingerprint density at radius 3 is 2.76 bits per heavy atom. The average Bonchev–Trinajstić information content (AvgIpc) is 2.32. The van der Waals surface area contributed by atoms with Crippen molar-refractivity contribution < 1.29 is 4.79 Å². The fourth-order valence-corrected chi connectivity index (χ4v) is 4.29. The molecule has 0 atom stereocenters. The van der Waals surface area contributed by atoms with Crippen LogP contribution in [0, 0.1) is 6.92 Å². The molecule has 0 aromatic heterocycles. The molecular weight excluding hydrogens is 230 g/mol. The predicted octanol–water partition coefficient (Wildman–Crippen LogP) is 3.74. The third-order valence-corrected chi connectivity index (χ3v) is 5.31. The lowest BCUT2D eigenvalue weighted by atomic mass is 9.87. The predicted molar refractivity (Wildman–Crippen MR) is 71.5 cm³/mol. The summed E-state index contributed by atoms with van der Waals surface area (Å²) in [5.74, 6) is 0.221. The second-order valence-electron chi connectivity index (χ2n) is 5.11. The van der Waals surface area contributed by atoms with E-state index in [1.54, 1.807) is 11.8 Å². The molecule has 2 aliphatic rings. The zero-order chi connectivity index (χ0) is 11.9. The van der Waals surface area contributed by atoms with Crippen LogP contribution in [0.3, 0.4) is 0 Å². The van der Waals surface area contributed by atoms with Gasteiger partial charge in [0.1, 0.15) is 0 Å². The van der Waals surface area contributed by atoms with E-state index in [0.717, 1.165) is 18.5 Å². The molecule has 1 saturated carbocycles. The van der Waals surface area contributed by atoms with Gasteiger partial charge in [0.05, 0.1) is 10.4 Å². The number of hydrogen-bond acceptors (Lipinski definition) is 2. The maximum absolute atomic E-state index is 12.3. The number of thioether (sulfide) groups is 1. The fourth-order valence-electron chi connectivity index (χ4n) is 2.76. The highest BCUT2D eigenvalue weighted by Crippen LogP contribution is 2.49. The number of aryl methyl sites for hydroxylation is 1. The van der Waals surface area contributed by atoms with Crippen LogP contribution in [0.5, 0.6) is 0 Å². The molecule has 0 unspecified atom stereocenters. The third kappa shape index (κ3) is 1.86. The molecule has 17 heavy (non-hydrogen) atoms. The Morgan fingerprint density at radius 2 is 2.00 bits per heavy atom. The molecule has 1 N–H and O–H groups in total. The molecule has 1 aromatic carbocycles. The van der Waals surface area contributed by atoms with Gasteiger partial charge >= 0.3 is 0 Å². The Hall–Kier alpha value is -0.960. The molecule has 1 aliphatic heterocycles. The number of hydrogen-bond donors (Lipinski definition) is 1. The second kappa shape index (κ2) is 4.05. The highest BCUT2D eigenvalue weighted by atomic mass is 32.2. The van der Waals surface area contributed by atoms with Gasteiger partial charge in [0.15, 0.2) is 0 Å². The van der Waals surface area contributed by atoms with Crippen molar-refractivity contribution in [3.8, 4) is 0 Å². The summed E-state index contributed by atoms with van der Waals surface area (Å²) in [7, 11) is 0. The number of amides is 1. The molecular formula is C14H17NOS. The summed E-state index contributed by atoms with van der Waals surface area (Å²) in [6.07, 6.45) is 5.69. The SMILES string of the molecule is Cc1ccc2c(c1)SC1(CCCCC1)C(=O)N2. The summed E-state index contributed by atoms with van der Waals surface area (Å²) in [4.78, 5) is 13.5. The lowest BCUT2D eigenvalue weighted by Crippen LogP contribution is -2.44. The van der Waals surface area contributed by atoms with Crippen LogP contribution in [-0.2, 0) is 4.79 Å².